The molecule has 3 aromatic carbocycles. The summed E-state index contributed by atoms with van der Waals surface area (Å²) in [7, 11) is 0. The van der Waals surface area contributed by atoms with Crippen LogP contribution in [0.15, 0.2) is 76.1 Å². The minimum atomic E-state index is -0.325. The van der Waals surface area contributed by atoms with Crippen molar-refractivity contribution in [3.05, 3.63) is 97.5 Å². The normalized spacial score (nSPS) is 26.2. The fourth-order valence-corrected chi connectivity index (χ4v) is 7.65. The number of fused-ring (bicyclic) bond motifs is 3. The van der Waals surface area contributed by atoms with Crippen molar-refractivity contribution in [3.8, 4) is 0 Å². The van der Waals surface area contributed by atoms with Gasteiger partial charge in [0.2, 0.25) is 0 Å². The second-order valence-corrected chi connectivity index (χ2v) is 11.2. The summed E-state index contributed by atoms with van der Waals surface area (Å²) in [5, 5.41) is 15.8. The number of nitrogens with zero attached hydrogens (tertiary/aromatic N) is 1. The summed E-state index contributed by atoms with van der Waals surface area (Å²) in [6.07, 6.45) is 0.834. The highest BCUT2D eigenvalue weighted by molar-refractivity contribution is 9.10. The molecule has 1 heterocycles. The molecule has 0 spiro atoms. The van der Waals surface area contributed by atoms with E-state index in [2.05, 4.69) is 33.4 Å². The molecule has 5 atom stereocenters. The zero-order chi connectivity index (χ0) is 22.4. The van der Waals surface area contributed by atoms with Gasteiger partial charge in [-0.05, 0) is 53.8 Å². The second kappa shape index (κ2) is 8.90. The number of rotatable bonds is 4. The molecule has 0 bridgehead atoms. The number of halogens is 3. The number of anilines is 1. The largest absolute Gasteiger partial charge is 0.378 e. The minimum Gasteiger partial charge on any atom is -0.378 e. The van der Waals surface area contributed by atoms with Crippen LogP contribution in [0, 0.1) is 16.0 Å². The van der Waals surface area contributed by atoms with Gasteiger partial charge in [0.15, 0.2) is 0 Å². The average molecular weight is 550 g/mol. The highest BCUT2D eigenvalue weighted by Crippen LogP contribution is 2.58. The Hall–Kier alpha value is -1.73. The highest BCUT2D eigenvalue weighted by Gasteiger charge is 2.50. The molecule has 1 aliphatic carbocycles. The Balaban J connectivity index is 1.55. The van der Waals surface area contributed by atoms with Crippen molar-refractivity contribution in [1.82, 2.24) is 0 Å². The lowest BCUT2D eigenvalue weighted by Crippen LogP contribution is -2.31. The van der Waals surface area contributed by atoms with Crippen molar-refractivity contribution in [3.63, 3.8) is 0 Å². The Kier molecular flexibility index (Phi) is 6.14. The first-order valence-corrected chi connectivity index (χ1v) is 12.8. The van der Waals surface area contributed by atoms with Crippen molar-refractivity contribution >= 4 is 62.3 Å². The van der Waals surface area contributed by atoms with E-state index in [1.807, 2.05) is 42.5 Å². The summed E-state index contributed by atoms with van der Waals surface area (Å²) < 4.78 is 1.05. The first-order chi connectivity index (χ1) is 15.4. The smallest absolute Gasteiger partial charge is 0.282 e. The maximum Gasteiger partial charge on any atom is 0.282 e. The number of para-hydroxylation sites is 1. The lowest BCUT2D eigenvalue weighted by Gasteiger charge is -2.38. The third kappa shape index (κ3) is 3.92. The molecule has 0 unspecified atom stereocenters. The lowest BCUT2D eigenvalue weighted by molar-refractivity contribution is -0.387. The van der Waals surface area contributed by atoms with Crippen LogP contribution in [0.25, 0.3) is 0 Å². The summed E-state index contributed by atoms with van der Waals surface area (Å²) in [6.45, 7) is 0. The molecule has 5 rings (SSSR count). The van der Waals surface area contributed by atoms with Crippen molar-refractivity contribution in [1.29, 1.82) is 0 Å². The Morgan fingerprint density at radius 1 is 1.06 bits per heavy atom. The van der Waals surface area contributed by atoms with Crippen molar-refractivity contribution in [2.75, 3.05) is 5.32 Å². The Bertz CT molecular complexity index is 1190. The molecular formula is C24H19BrCl2N2O2S. The predicted molar refractivity (Wildman–Crippen MR) is 135 cm³/mol. The summed E-state index contributed by atoms with van der Waals surface area (Å²) in [6, 6.07) is 21.1. The molecule has 1 aliphatic heterocycles. The molecule has 2 aliphatic rings. The van der Waals surface area contributed by atoms with Gasteiger partial charge in [-0.2, -0.15) is 0 Å². The van der Waals surface area contributed by atoms with Crippen molar-refractivity contribution < 1.29 is 4.92 Å². The van der Waals surface area contributed by atoms with E-state index in [9.17, 15) is 10.1 Å². The third-order valence-electron chi connectivity index (χ3n) is 6.36. The van der Waals surface area contributed by atoms with Gasteiger partial charge in [0.25, 0.3) is 5.69 Å². The second-order valence-electron chi connectivity index (χ2n) is 8.13. The van der Waals surface area contributed by atoms with Gasteiger partial charge in [-0.3, -0.25) is 10.1 Å². The summed E-state index contributed by atoms with van der Waals surface area (Å²) in [4.78, 5) is 11.9. The Morgan fingerprint density at radius 2 is 1.81 bits per heavy atom. The zero-order valence-electron chi connectivity index (χ0n) is 16.8. The van der Waals surface area contributed by atoms with Crippen LogP contribution in [-0.2, 0) is 0 Å². The minimum absolute atomic E-state index is 0.0319. The number of thioether (sulfide) groups is 1. The van der Waals surface area contributed by atoms with Gasteiger partial charge in [-0.1, -0.05) is 57.9 Å². The van der Waals surface area contributed by atoms with E-state index in [-0.39, 0.29) is 39.1 Å². The van der Waals surface area contributed by atoms with E-state index in [0.29, 0.717) is 9.92 Å². The number of nitrogens with one attached hydrogen (secondary N) is 1. The van der Waals surface area contributed by atoms with E-state index in [0.717, 1.165) is 22.1 Å². The molecule has 1 saturated carbocycles. The van der Waals surface area contributed by atoms with Crippen LogP contribution in [0.3, 0.4) is 0 Å². The topological polar surface area (TPSA) is 55.2 Å². The number of benzene rings is 3. The van der Waals surface area contributed by atoms with Gasteiger partial charge in [0, 0.05) is 32.4 Å². The van der Waals surface area contributed by atoms with E-state index >= 15 is 0 Å². The highest BCUT2D eigenvalue weighted by atomic mass is 79.9. The summed E-state index contributed by atoms with van der Waals surface area (Å²) in [5.41, 5.74) is 3.47. The van der Waals surface area contributed by atoms with Gasteiger partial charge in [-0.25, -0.2) is 0 Å². The van der Waals surface area contributed by atoms with Crippen LogP contribution in [-0.4, -0.2) is 15.6 Å². The SMILES string of the molecule is O=[N+]([O-])c1ccccc1S[C@@H]1C[C@H]2[C@H](c3cc(Cl)ccc3N[C@H]2c2ccccc2Br)[C@@H]1Cl. The van der Waals surface area contributed by atoms with Gasteiger partial charge in [0.1, 0.15) is 0 Å². The first kappa shape index (κ1) is 22.1. The molecule has 32 heavy (non-hydrogen) atoms. The first-order valence-electron chi connectivity index (χ1n) is 10.3. The van der Waals surface area contributed by atoms with E-state index in [1.165, 1.54) is 17.3 Å². The van der Waals surface area contributed by atoms with Crippen LogP contribution in [0.4, 0.5) is 11.4 Å². The van der Waals surface area contributed by atoms with Crippen LogP contribution in [0.2, 0.25) is 5.02 Å². The van der Waals surface area contributed by atoms with Crippen LogP contribution >= 0.6 is 50.9 Å². The number of hydrogen-bond donors (Lipinski definition) is 1. The predicted octanol–water partition coefficient (Wildman–Crippen LogP) is 8.05. The molecule has 4 nitrogen and oxygen atoms in total. The standard InChI is InChI=1S/C24H19BrCl2N2O2S/c25-17-6-2-1-5-14(17)24-16-12-21(32-20-8-4-3-7-19(20)29(30)31)23(27)22(16)15-11-13(26)9-10-18(15)28-24/h1-11,16,21-24,28H,12H2/t16-,21+,22-,23+,24-/m0/s1. The van der Waals surface area contributed by atoms with Crippen LogP contribution < -0.4 is 5.32 Å². The summed E-state index contributed by atoms with van der Waals surface area (Å²) in [5.74, 6) is 0.312. The fourth-order valence-electron chi connectivity index (χ4n) is 4.99. The molecule has 0 amide bonds. The number of nitro groups is 1. The lowest BCUT2D eigenvalue weighted by atomic mass is 9.77. The molecular weight excluding hydrogens is 531 g/mol. The average Bonchev–Trinajstić information content (AvgIpc) is 3.10. The molecule has 1 fully saturated rings. The van der Waals surface area contributed by atoms with Gasteiger partial charge in [-0.15, -0.1) is 23.4 Å². The molecule has 1 N–H and O–H groups in total. The van der Waals surface area contributed by atoms with E-state index in [1.54, 1.807) is 12.1 Å². The van der Waals surface area contributed by atoms with Gasteiger partial charge in [0.05, 0.1) is 21.2 Å². The van der Waals surface area contributed by atoms with Crippen molar-refractivity contribution in [2.24, 2.45) is 5.92 Å². The fraction of sp³-hybridized carbons (Fsp3) is 0.250. The monoisotopic (exact) mass is 548 g/mol. The number of nitro benzene ring substituents is 1. The zero-order valence-corrected chi connectivity index (χ0v) is 20.7. The quantitative estimate of drug-likeness (QED) is 0.203. The van der Waals surface area contributed by atoms with Crippen molar-refractivity contribution in [2.45, 2.75) is 33.9 Å². The van der Waals surface area contributed by atoms with Crippen LogP contribution in [0.5, 0.6) is 0 Å². The maximum atomic E-state index is 11.5. The summed E-state index contributed by atoms with van der Waals surface area (Å²) >= 11 is 18.7. The van der Waals surface area contributed by atoms with E-state index in [4.69, 9.17) is 23.2 Å². The Morgan fingerprint density at radius 3 is 2.59 bits per heavy atom. The molecule has 8 heteroatoms. The van der Waals surface area contributed by atoms with Gasteiger partial charge >= 0.3 is 0 Å². The molecule has 0 aromatic heterocycles. The molecule has 3 aromatic rings. The van der Waals surface area contributed by atoms with Gasteiger partial charge < -0.3 is 5.32 Å². The number of hydrogen-bond acceptors (Lipinski definition) is 4. The maximum absolute atomic E-state index is 11.5. The molecule has 164 valence electrons. The van der Waals surface area contributed by atoms with Crippen LogP contribution in [0.1, 0.15) is 29.5 Å². The molecule has 0 saturated heterocycles. The number of alkyl halides is 1. The van der Waals surface area contributed by atoms with E-state index < -0.39 is 0 Å². The molecule has 0 radical (unpaired) electrons. The Labute approximate surface area is 209 Å². The third-order valence-corrected chi connectivity index (χ3v) is 9.43.